The molecule has 0 saturated carbocycles. The summed E-state index contributed by atoms with van der Waals surface area (Å²) in [5.74, 6) is 0.389. The molecule has 0 spiro atoms. The zero-order chi connectivity index (χ0) is 24.0. The van der Waals surface area contributed by atoms with E-state index in [9.17, 15) is 9.59 Å². The molecular weight excluding hydrogens is 454 g/mol. The van der Waals surface area contributed by atoms with Crippen LogP contribution in [0.2, 0.25) is 5.02 Å². The van der Waals surface area contributed by atoms with Crippen LogP contribution in [0.5, 0.6) is 0 Å². The Hall–Kier alpha value is -3.30. The van der Waals surface area contributed by atoms with Crippen LogP contribution in [0.3, 0.4) is 0 Å². The van der Waals surface area contributed by atoms with E-state index >= 15 is 0 Å². The molecule has 2 unspecified atom stereocenters. The summed E-state index contributed by atoms with van der Waals surface area (Å²) < 4.78 is 1.70. The fourth-order valence-corrected chi connectivity index (χ4v) is 4.58. The van der Waals surface area contributed by atoms with Gasteiger partial charge in [0.2, 0.25) is 11.8 Å². The largest absolute Gasteiger partial charge is 0.332 e. The Morgan fingerprint density at radius 3 is 2.71 bits per heavy atom. The number of rotatable bonds is 6. The van der Waals surface area contributed by atoms with Crippen molar-refractivity contribution in [1.82, 2.24) is 30.0 Å². The van der Waals surface area contributed by atoms with Crippen molar-refractivity contribution in [2.75, 3.05) is 11.9 Å². The van der Waals surface area contributed by atoms with Crippen LogP contribution in [0.1, 0.15) is 55.0 Å². The molecule has 34 heavy (non-hydrogen) atoms. The Kier molecular flexibility index (Phi) is 5.83. The Labute approximate surface area is 202 Å². The fraction of sp³-hybridized carbons (Fsp3) is 0.375. The molecule has 0 radical (unpaired) electrons. The van der Waals surface area contributed by atoms with E-state index in [2.05, 4.69) is 34.4 Å². The predicted octanol–water partition coefficient (Wildman–Crippen LogP) is 3.00. The third-order valence-electron chi connectivity index (χ3n) is 6.34. The van der Waals surface area contributed by atoms with Crippen LogP contribution in [0.4, 0.5) is 5.82 Å². The molecule has 0 fully saturated rings. The number of aromatic nitrogens is 4. The average Bonchev–Trinajstić information content (AvgIpc) is 3.46. The number of carbonyl (C=O) groups is 2. The summed E-state index contributed by atoms with van der Waals surface area (Å²) in [5.41, 5.74) is 3.47. The molecule has 2 aliphatic rings. The highest BCUT2D eigenvalue weighted by Crippen LogP contribution is 2.35. The first kappa shape index (κ1) is 22.5. The third kappa shape index (κ3) is 4.05. The maximum atomic E-state index is 13.5. The lowest BCUT2D eigenvalue weighted by atomic mass is 9.97. The van der Waals surface area contributed by atoms with Crippen molar-refractivity contribution in [2.45, 2.75) is 51.7 Å². The molecule has 2 amide bonds. The number of nitrogens with one attached hydrogen (secondary N) is 2. The summed E-state index contributed by atoms with van der Waals surface area (Å²) in [7, 11) is 0. The van der Waals surface area contributed by atoms with Gasteiger partial charge in [0, 0.05) is 35.9 Å². The SMILES string of the molecule is CC(C)NCC(C(=O)N1Cc2cn(-c3ncnc4c3C(C)C(=O)N4)nc2C1)c1ccc(Cl)cc1. The molecule has 3 aromatic rings. The molecule has 0 bridgehead atoms. The predicted molar refractivity (Wildman–Crippen MR) is 128 cm³/mol. The van der Waals surface area contributed by atoms with Crippen molar-refractivity contribution in [1.29, 1.82) is 0 Å². The van der Waals surface area contributed by atoms with E-state index in [0.29, 0.717) is 36.3 Å². The molecule has 2 aliphatic heterocycles. The lowest BCUT2D eigenvalue weighted by Crippen LogP contribution is -2.38. The number of hydrogen-bond acceptors (Lipinski definition) is 6. The van der Waals surface area contributed by atoms with Gasteiger partial charge in [0.25, 0.3) is 0 Å². The van der Waals surface area contributed by atoms with E-state index in [1.54, 1.807) is 4.68 Å². The summed E-state index contributed by atoms with van der Waals surface area (Å²) in [4.78, 5) is 36.0. The van der Waals surface area contributed by atoms with Crippen LogP contribution in [0, 0.1) is 0 Å². The minimum absolute atomic E-state index is 0.0476. The summed E-state index contributed by atoms with van der Waals surface area (Å²) >= 11 is 6.06. The smallest absolute Gasteiger partial charge is 0.233 e. The van der Waals surface area contributed by atoms with Gasteiger partial charge in [-0.3, -0.25) is 9.59 Å². The average molecular weight is 480 g/mol. The van der Waals surface area contributed by atoms with Crippen LogP contribution >= 0.6 is 11.6 Å². The fourth-order valence-electron chi connectivity index (χ4n) is 4.46. The molecule has 4 heterocycles. The van der Waals surface area contributed by atoms with Crippen molar-refractivity contribution in [3.8, 4) is 5.82 Å². The molecule has 0 saturated heterocycles. The highest BCUT2D eigenvalue weighted by Gasteiger charge is 2.35. The Bertz CT molecular complexity index is 1230. The van der Waals surface area contributed by atoms with E-state index in [1.165, 1.54) is 6.33 Å². The highest BCUT2D eigenvalue weighted by molar-refractivity contribution is 6.30. The van der Waals surface area contributed by atoms with Gasteiger partial charge >= 0.3 is 0 Å². The molecule has 0 aliphatic carbocycles. The number of anilines is 1. The van der Waals surface area contributed by atoms with Crippen LogP contribution in [0.25, 0.3) is 5.82 Å². The van der Waals surface area contributed by atoms with E-state index in [4.69, 9.17) is 16.7 Å². The second-order valence-corrected chi connectivity index (χ2v) is 9.51. The van der Waals surface area contributed by atoms with Crippen LogP contribution in [-0.4, -0.2) is 49.0 Å². The first-order valence-corrected chi connectivity index (χ1v) is 11.7. The van der Waals surface area contributed by atoms with Crippen molar-refractivity contribution < 1.29 is 9.59 Å². The van der Waals surface area contributed by atoms with Crippen LogP contribution < -0.4 is 10.6 Å². The van der Waals surface area contributed by atoms with Gasteiger partial charge in [-0.1, -0.05) is 37.6 Å². The molecule has 176 valence electrons. The molecular formula is C24H26ClN7O2. The number of hydrogen-bond donors (Lipinski definition) is 2. The highest BCUT2D eigenvalue weighted by atomic mass is 35.5. The van der Waals surface area contributed by atoms with Gasteiger partial charge in [-0.25, -0.2) is 14.6 Å². The van der Waals surface area contributed by atoms with Gasteiger partial charge in [0.15, 0.2) is 5.82 Å². The van der Waals surface area contributed by atoms with Crippen LogP contribution in [-0.2, 0) is 22.7 Å². The standard InChI is InChI=1S/C24H26ClN7O2/c1-13(2)26-8-18(15-4-6-17(25)7-5-15)24(34)31-9-16-10-32(30-19(16)11-31)22-20-14(3)23(33)29-21(20)27-12-28-22/h4-7,10,12-14,18,26H,8-9,11H2,1-3H3,(H,27,28,29,33). The second kappa shape index (κ2) is 8.81. The Balaban J connectivity index is 1.37. The molecule has 1 aromatic carbocycles. The van der Waals surface area contributed by atoms with Crippen molar-refractivity contribution in [3.05, 3.63) is 64.2 Å². The number of halogens is 1. The second-order valence-electron chi connectivity index (χ2n) is 9.08. The quantitative estimate of drug-likeness (QED) is 0.563. The molecule has 2 atom stereocenters. The maximum Gasteiger partial charge on any atom is 0.233 e. The topological polar surface area (TPSA) is 105 Å². The molecule has 9 nitrogen and oxygen atoms in total. The summed E-state index contributed by atoms with van der Waals surface area (Å²) in [5, 5.41) is 11.5. The third-order valence-corrected chi connectivity index (χ3v) is 6.59. The number of nitrogens with zero attached hydrogens (tertiary/aromatic N) is 5. The number of fused-ring (bicyclic) bond motifs is 2. The first-order chi connectivity index (χ1) is 16.3. The number of amides is 2. The van der Waals surface area contributed by atoms with Crippen LogP contribution in [0.15, 0.2) is 36.8 Å². The lowest BCUT2D eigenvalue weighted by Gasteiger charge is -2.25. The summed E-state index contributed by atoms with van der Waals surface area (Å²) in [6.45, 7) is 7.39. The van der Waals surface area contributed by atoms with E-state index < -0.39 is 0 Å². The van der Waals surface area contributed by atoms with Gasteiger partial charge in [0.1, 0.15) is 12.1 Å². The molecule has 2 N–H and O–H groups in total. The lowest BCUT2D eigenvalue weighted by molar-refractivity contribution is -0.133. The summed E-state index contributed by atoms with van der Waals surface area (Å²) in [6.07, 6.45) is 3.32. The van der Waals surface area contributed by atoms with Gasteiger partial charge in [-0.15, -0.1) is 0 Å². The van der Waals surface area contributed by atoms with E-state index in [-0.39, 0.29) is 29.7 Å². The first-order valence-electron chi connectivity index (χ1n) is 11.3. The summed E-state index contributed by atoms with van der Waals surface area (Å²) in [6, 6.07) is 7.72. The minimum atomic E-state index is -0.350. The molecule has 10 heteroatoms. The Morgan fingerprint density at radius 2 is 2.00 bits per heavy atom. The van der Waals surface area contributed by atoms with Gasteiger partial charge in [-0.05, 0) is 24.6 Å². The monoisotopic (exact) mass is 479 g/mol. The molecule has 2 aromatic heterocycles. The van der Waals surface area contributed by atoms with Crippen molar-refractivity contribution in [3.63, 3.8) is 0 Å². The van der Waals surface area contributed by atoms with Crippen molar-refractivity contribution >= 4 is 29.2 Å². The van der Waals surface area contributed by atoms with E-state index in [1.807, 2.05) is 42.3 Å². The maximum absolute atomic E-state index is 13.5. The zero-order valence-corrected chi connectivity index (χ0v) is 20.0. The van der Waals surface area contributed by atoms with Gasteiger partial charge < -0.3 is 15.5 Å². The van der Waals surface area contributed by atoms with Gasteiger partial charge in [-0.2, -0.15) is 5.10 Å². The van der Waals surface area contributed by atoms with E-state index in [0.717, 1.165) is 22.4 Å². The minimum Gasteiger partial charge on any atom is -0.332 e. The zero-order valence-electron chi connectivity index (χ0n) is 19.2. The molecule has 5 rings (SSSR count). The number of carbonyl (C=O) groups excluding carboxylic acids is 2. The number of benzene rings is 1. The van der Waals surface area contributed by atoms with Gasteiger partial charge in [0.05, 0.1) is 29.6 Å². The Morgan fingerprint density at radius 1 is 1.24 bits per heavy atom. The van der Waals surface area contributed by atoms with Crippen molar-refractivity contribution in [2.24, 2.45) is 0 Å². The normalized spacial score (nSPS) is 17.6.